The van der Waals surface area contributed by atoms with Crippen molar-refractivity contribution in [3.63, 3.8) is 0 Å². The van der Waals surface area contributed by atoms with Gasteiger partial charge in [-0.15, -0.1) is 0 Å². The number of ketones is 1. The van der Waals surface area contributed by atoms with Crippen LogP contribution >= 0.6 is 0 Å². The summed E-state index contributed by atoms with van der Waals surface area (Å²) in [7, 11) is 0. The molecule has 1 saturated heterocycles. The minimum Gasteiger partial charge on any atom is -0.312 e. The van der Waals surface area contributed by atoms with Crippen molar-refractivity contribution in [2.45, 2.75) is 31.6 Å². The molecule has 1 fully saturated rings. The Hall–Kier alpha value is -3.20. The first-order valence-electron chi connectivity index (χ1n) is 10.7. The average Bonchev–Trinajstić information content (AvgIpc) is 3.00. The quantitative estimate of drug-likeness (QED) is 0.487. The van der Waals surface area contributed by atoms with E-state index in [1.54, 1.807) is 0 Å². The van der Waals surface area contributed by atoms with Crippen LogP contribution in [-0.2, 0) is 4.79 Å². The molecule has 3 heteroatoms. The smallest absolute Gasteiger partial charge is 0.230 e. The van der Waals surface area contributed by atoms with Crippen LogP contribution in [0, 0.1) is 5.92 Å². The van der Waals surface area contributed by atoms with Crippen LogP contribution in [0.1, 0.15) is 47.5 Å². The van der Waals surface area contributed by atoms with Crippen LogP contribution in [0.5, 0.6) is 0 Å². The Labute approximate surface area is 178 Å². The topological polar surface area (TPSA) is 37.4 Å². The van der Waals surface area contributed by atoms with Crippen LogP contribution in [-0.4, -0.2) is 18.2 Å². The van der Waals surface area contributed by atoms with Crippen molar-refractivity contribution < 1.29 is 9.59 Å². The van der Waals surface area contributed by atoms with Crippen LogP contribution in [0.15, 0.2) is 91.0 Å². The Bertz CT molecular complexity index is 970. The number of carbonyl (C=O) groups excluding carboxylic acids is 2. The van der Waals surface area contributed by atoms with E-state index < -0.39 is 0 Å². The zero-order chi connectivity index (χ0) is 20.8. The molecular formula is C27H27NO2. The summed E-state index contributed by atoms with van der Waals surface area (Å²) < 4.78 is 0. The summed E-state index contributed by atoms with van der Waals surface area (Å²) >= 11 is 0. The monoisotopic (exact) mass is 397 g/mol. The third-order valence-corrected chi connectivity index (χ3v) is 6.01. The Kier molecular flexibility index (Phi) is 6.38. The third kappa shape index (κ3) is 4.51. The summed E-state index contributed by atoms with van der Waals surface area (Å²) in [6.07, 6.45) is 3.12. The van der Waals surface area contributed by atoms with Gasteiger partial charge in [-0.1, -0.05) is 85.3 Å². The molecule has 3 nitrogen and oxygen atoms in total. The van der Waals surface area contributed by atoms with E-state index in [9.17, 15) is 9.59 Å². The van der Waals surface area contributed by atoms with Crippen LogP contribution in [0.25, 0.3) is 0 Å². The number of hydrogen-bond donors (Lipinski definition) is 0. The maximum atomic E-state index is 13.7. The summed E-state index contributed by atoms with van der Waals surface area (Å²) in [4.78, 5) is 28.7. The van der Waals surface area contributed by atoms with Crippen LogP contribution < -0.4 is 4.90 Å². The maximum Gasteiger partial charge on any atom is 0.230 e. The molecule has 0 saturated carbocycles. The SMILES string of the molecule is O=C(CC(c1ccccc1)C1CCCCN(c2ccccc2)C1=O)c1ccccc1. The lowest BCUT2D eigenvalue weighted by molar-refractivity contribution is -0.122. The molecule has 4 rings (SSSR count). The molecule has 0 aliphatic carbocycles. The summed E-state index contributed by atoms with van der Waals surface area (Å²) in [6, 6.07) is 29.4. The van der Waals surface area contributed by atoms with E-state index in [4.69, 9.17) is 0 Å². The van der Waals surface area contributed by atoms with Gasteiger partial charge in [0.2, 0.25) is 5.91 Å². The van der Waals surface area contributed by atoms with Gasteiger partial charge in [0.05, 0.1) is 0 Å². The van der Waals surface area contributed by atoms with Gasteiger partial charge in [0, 0.05) is 36.1 Å². The molecule has 152 valence electrons. The lowest BCUT2D eigenvalue weighted by atomic mass is 9.78. The van der Waals surface area contributed by atoms with Gasteiger partial charge in [0.15, 0.2) is 5.78 Å². The van der Waals surface area contributed by atoms with Crippen LogP contribution in [0.2, 0.25) is 0 Å². The van der Waals surface area contributed by atoms with E-state index in [0.717, 1.165) is 37.1 Å². The van der Waals surface area contributed by atoms with Crippen LogP contribution in [0.3, 0.4) is 0 Å². The molecule has 0 bridgehead atoms. The third-order valence-electron chi connectivity index (χ3n) is 6.01. The Morgan fingerprint density at radius 2 is 1.43 bits per heavy atom. The van der Waals surface area contributed by atoms with Gasteiger partial charge in [-0.25, -0.2) is 0 Å². The van der Waals surface area contributed by atoms with E-state index in [-0.39, 0.29) is 23.5 Å². The zero-order valence-corrected chi connectivity index (χ0v) is 17.1. The van der Waals surface area contributed by atoms with E-state index in [0.29, 0.717) is 12.0 Å². The van der Waals surface area contributed by atoms with E-state index in [2.05, 4.69) is 0 Å². The maximum absolute atomic E-state index is 13.7. The normalized spacial score (nSPS) is 17.9. The van der Waals surface area contributed by atoms with Gasteiger partial charge in [-0.2, -0.15) is 0 Å². The number of amides is 1. The van der Waals surface area contributed by atoms with Crippen molar-refractivity contribution in [1.82, 2.24) is 0 Å². The first-order valence-corrected chi connectivity index (χ1v) is 10.7. The van der Waals surface area contributed by atoms with Gasteiger partial charge in [0.25, 0.3) is 0 Å². The fraction of sp³-hybridized carbons (Fsp3) is 0.259. The standard InChI is InChI=1S/C27H27NO2/c29-26(22-14-6-2-7-15-22)20-25(21-12-4-1-5-13-21)24-18-10-11-19-28(27(24)30)23-16-8-3-9-17-23/h1-9,12-17,24-25H,10-11,18-20H2. The summed E-state index contributed by atoms with van der Waals surface area (Å²) in [5.41, 5.74) is 2.71. The fourth-order valence-electron chi connectivity index (χ4n) is 4.44. The minimum atomic E-state index is -0.206. The second kappa shape index (κ2) is 9.53. The highest BCUT2D eigenvalue weighted by atomic mass is 16.2. The van der Waals surface area contributed by atoms with E-state index >= 15 is 0 Å². The highest BCUT2D eigenvalue weighted by Crippen LogP contribution is 2.37. The first kappa shape index (κ1) is 20.1. The molecule has 1 heterocycles. The van der Waals surface area contributed by atoms with Gasteiger partial charge >= 0.3 is 0 Å². The molecule has 3 aromatic carbocycles. The van der Waals surface area contributed by atoms with Gasteiger partial charge in [0.1, 0.15) is 0 Å². The van der Waals surface area contributed by atoms with Crippen molar-refractivity contribution in [1.29, 1.82) is 0 Å². The largest absolute Gasteiger partial charge is 0.312 e. The fourth-order valence-corrected chi connectivity index (χ4v) is 4.44. The number of nitrogens with zero attached hydrogens (tertiary/aromatic N) is 1. The van der Waals surface area contributed by atoms with Gasteiger partial charge < -0.3 is 4.90 Å². The molecule has 1 amide bonds. The number of anilines is 1. The number of hydrogen-bond acceptors (Lipinski definition) is 2. The number of rotatable bonds is 6. The molecule has 1 aliphatic heterocycles. The molecular weight excluding hydrogens is 370 g/mol. The predicted molar refractivity (Wildman–Crippen MR) is 121 cm³/mol. The predicted octanol–water partition coefficient (Wildman–Crippen LogP) is 5.88. The number of carbonyl (C=O) groups is 2. The highest BCUT2D eigenvalue weighted by Gasteiger charge is 2.35. The van der Waals surface area contributed by atoms with Crippen molar-refractivity contribution in [3.8, 4) is 0 Å². The molecule has 0 radical (unpaired) electrons. The van der Waals surface area contributed by atoms with Crippen molar-refractivity contribution in [2.24, 2.45) is 5.92 Å². The lowest BCUT2D eigenvalue weighted by Crippen LogP contribution is -2.38. The zero-order valence-electron chi connectivity index (χ0n) is 17.1. The number of benzene rings is 3. The Morgan fingerprint density at radius 1 is 0.833 bits per heavy atom. The van der Waals surface area contributed by atoms with Crippen molar-refractivity contribution >= 4 is 17.4 Å². The second-order valence-electron chi connectivity index (χ2n) is 7.94. The summed E-state index contributed by atoms with van der Waals surface area (Å²) in [6.45, 7) is 0.730. The molecule has 1 aliphatic rings. The Balaban J connectivity index is 1.66. The highest BCUT2D eigenvalue weighted by molar-refractivity contribution is 5.99. The van der Waals surface area contributed by atoms with Gasteiger partial charge in [-0.3, -0.25) is 9.59 Å². The number of Topliss-reactive ketones (excluding diaryl/α,β-unsaturated/α-hetero) is 1. The summed E-state index contributed by atoms with van der Waals surface area (Å²) in [5, 5.41) is 0. The average molecular weight is 398 g/mol. The second-order valence-corrected chi connectivity index (χ2v) is 7.94. The van der Waals surface area contributed by atoms with E-state index in [1.807, 2.05) is 95.9 Å². The molecule has 0 aromatic heterocycles. The molecule has 0 spiro atoms. The van der Waals surface area contributed by atoms with Crippen molar-refractivity contribution in [3.05, 3.63) is 102 Å². The minimum absolute atomic E-state index is 0.0905. The van der Waals surface area contributed by atoms with Crippen LogP contribution in [0.4, 0.5) is 5.69 Å². The lowest BCUT2D eigenvalue weighted by Gasteiger charge is -2.30. The molecule has 30 heavy (non-hydrogen) atoms. The van der Waals surface area contributed by atoms with Gasteiger partial charge in [-0.05, 0) is 30.5 Å². The molecule has 2 atom stereocenters. The Morgan fingerprint density at radius 3 is 2.10 bits per heavy atom. The molecule has 3 aromatic rings. The van der Waals surface area contributed by atoms with Crippen molar-refractivity contribution in [2.75, 3.05) is 11.4 Å². The van der Waals surface area contributed by atoms with E-state index in [1.165, 1.54) is 0 Å². The summed E-state index contributed by atoms with van der Waals surface area (Å²) in [5.74, 6) is -0.111. The first-order chi connectivity index (χ1) is 14.7. The molecule has 0 N–H and O–H groups in total. The molecule has 2 unspecified atom stereocenters. The number of para-hydroxylation sites is 1.